The van der Waals surface area contributed by atoms with Crippen LogP contribution in [0.4, 0.5) is 0 Å². The van der Waals surface area contributed by atoms with Crippen LogP contribution in [0.5, 0.6) is 5.75 Å². The van der Waals surface area contributed by atoms with E-state index in [2.05, 4.69) is 12.1 Å². The first-order valence-corrected chi connectivity index (χ1v) is 6.26. The summed E-state index contributed by atoms with van der Waals surface area (Å²) in [6, 6.07) is 17.6. The predicted octanol–water partition coefficient (Wildman–Crippen LogP) is 3.30. The fourth-order valence-corrected chi connectivity index (χ4v) is 2.21. The quantitative estimate of drug-likeness (QED) is 0.844. The Kier molecular flexibility index (Phi) is 4.37. The van der Waals surface area contributed by atoms with E-state index >= 15 is 0 Å². The Morgan fingerprint density at radius 3 is 2.06 bits per heavy atom. The Hall–Kier alpha value is -1.80. The van der Waals surface area contributed by atoms with Gasteiger partial charge in [0.25, 0.3) is 0 Å². The SMILES string of the molecule is OCCCC(c1ccccc1)c1ccc(O)cc1. The molecule has 0 saturated carbocycles. The lowest BCUT2D eigenvalue weighted by atomic mass is 9.87. The molecule has 2 rings (SSSR count). The van der Waals surface area contributed by atoms with Gasteiger partial charge in [-0.15, -0.1) is 0 Å². The minimum atomic E-state index is 0.210. The molecule has 0 radical (unpaired) electrons. The zero-order chi connectivity index (χ0) is 12.8. The highest BCUT2D eigenvalue weighted by atomic mass is 16.3. The highest BCUT2D eigenvalue weighted by Crippen LogP contribution is 2.29. The van der Waals surface area contributed by atoms with E-state index in [0.29, 0.717) is 0 Å². The summed E-state index contributed by atoms with van der Waals surface area (Å²) in [6.45, 7) is 0.210. The number of rotatable bonds is 5. The van der Waals surface area contributed by atoms with Crippen molar-refractivity contribution in [3.63, 3.8) is 0 Å². The van der Waals surface area contributed by atoms with Gasteiger partial charge >= 0.3 is 0 Å². The van der Waals surface area contributed by atoms with E-state index in [1.165, 1.54) is 11.1 Å². The van der Waals surface area contributed by atoms with Gasteiger partial charge in [-0.3, -0.25) is 0 Å². The van der Waals surface area contributed by atoms with Crippen LogP contribution < -0.4 is 0 Å². The summed E-state index contributed by atoms with van der Waals surface area (Å²) in [7, 11) is 0. The summed E-state index contributed by atoms with van der Waals surface area (Å²) in [5.74, 6) is 0.562. The fourth-order valence-electron chi connectivity index (χ4n) is 2.21. The Balaban J connectivity index is 2.27. The van der Waals surface area contributed by atoms with Gasteiger partial charge < -0.3 is 10.2 Å². The molecule has 2 N–H and O–H groups in total. The van der Waals surface area contributed by atoms with Gasteiger partial charge in [-0.1, -0.05) is 42.5 Å². The molecule has 0 aliphatic rings. The van der Waals surface area contributed by atoms with Crippen molar-refractivity contribution in [3.05, 3.63) is 65.7 Å². The fraction of sp³-hybridized carbons (Fsp3) is 0.250. The van der Waals surface area contributed by atoms with Crippen LogP contribution in [0.25, 0.3) is 0 Å². The summed E-state index contributed by atoms with van der Waals surface area (Å²) < 4.78 is 0. The number of phenolic OH excluding ortho intramolecular Hbond substituents is 1. The highest BCUT2D eigenvalue weighted by Gasteiger charge is 2.13. The first-order valence-electron chi connectivity index (χ1n) is 6.26. The van der Waals surface area contributed by atoms with Crippen molar-refractivity contribution in [1.82, 2.24) is 0 Å². The lowest BCUT2D eigenvalue weighted by Gasteiger charge is -2.17. The molecule has 0 bridgehead atoms. The van der Waals surface area contributed by atoms with E-state index < -0.39 is 0 Å². The molecule has 2 aromatic rings. The Labute approximate surface area is 108 Å². The molecular weight excluding hydrogens is 224 g/mol. The lowest BCUT2D eigenvalue weighted by Crippen LogP contribution is -2.02. The average molecular weight is 242 g/mol. The number of hydrogen-bond acceptors (Lipinski definition) is 2. The van der Waals surface area contributed by atoms with Crippen LogP contribution in [-0.4, -0.2) is 16.8 Å². The maximum atomic E-state index is 9.35. The molecule has 0 aliphatic heterocycles. The van der Waals surface area contributed by atoms with E-state index in [9.17, 15) is 5.11 Å². The third-order valence-corrected chi connectivity index (χ3v) is 3.15. The first-order chi connectivity index (χ1) is 8.81. The summed E-state index contributed by atoms with van der Waals surface area (Å²) in [5.41, 5.74) is 2.42. The van der Waals surface area contributed by atoms with Crippen molar-refractivity contribution in [3.8, 4) is 5.75 Å². The molecule has 0 spiro atoms. The number of phenols is 1. The Bertz CT molecular complexity index is 462. The van der Waals surface area contributed by atoms with Gasteiger partial charge in [0, 0.05) is 12.5 Å². The van der Waals surface area contributed by atoms with Gasteiger partial charge in [0.2, 0.25) is 0 Å². The van der Waals surface area contributed by atoms with E-state index in [0.717, 1.165) is 12.8 Å². The van der Waals surface area contributed by atoms with Crippen LogP contribution in [0, 0.1) is 0 Å². The molecule has 0 saturated heterocycles. The van der Waals surface area contributed by atoms with Crippen molar-refractivity contribution < 1.29 is 10.2 Å². The Morgan fingerprint density at radius 1 is 0.833 bits per heavy atom. The van der Waals surface area contributed by atoms with Crippen molar-refractivity contribution in [1.29, 1.82) is 0 Å². The van der Waals surface area contributed by atoms with Crippen LogP contribution in [-0.2, 0) is 0 Å². The van der Waals surface area contributed by atoms with Crippen LogP contribution in [0.1, 0.15) is 29.9 Å². The van der Waals surface area contributed by atoms with Gasteiger partial charge in [0.15, 0.2) is 0 Å². The molecule has 0 heterocycles. The van der Waals surface area contributed by atoms with Crippen molar-refractivity contribution >= 4 is 0 Å². The lowest BCUT2D eigenvalue weighted by molar-refractivity contribution is 0.282. The third-order valence-electron chi connectivity index (χ3n) is 3.15. The van der Waals surface area contributed by atoms with E-state index in [4.69, 9.17) is 5.11 Å². The van der Waals surface area contributed by atoms with Crippen molar-refractivity contribution in [2.24, 2.45) is 0 Å². The Morgan fingerprint density at radius 2 is 1.44 bits per heavy atom. The summed E-state index contributed by atoms with van der Waals surface area (Å²) in [4.78, 5) is 0. The first kappa shape index (κ1) is 12.7. The average Bonchev–Trinajstić information content (AvgIpc) is 2.42. The summed E-state index contributed by atoms with van der Waals surface area (Å²) in [5, 5.41) is 18.4. The summed E-state index contributed by atoms with van der Waals surface area (Å²) >= 11 is 0. The number of benzene rings is 2. The predicted molar refractivity (Wildman–Crippen MR) is 72.7 cm³/mol. The van der Waals surface area contributed by atoms with Gasteiger partial charge in [-0.2, -0.15) is 0 Å². The zero-order valence-electron chi connectivity index (χ0n) is 10.3. The minimum Gasteiger partial charge on any atom is -0.508 e. The molecule has 94 valence electrons. The normalized spacial score (nSPS) is 12.3. The smallest absolute Gasteiger partial charge is 0.115 e. The number of aliphatic hydroxyl groups excluding tert-OH is 1. The zero-order valence-corrected chi connectivity index (χ0v) is 10.3. The molecule has 2 nitrogen and oxygen atoms in total. The summed E-state index contributed by atoms with van der Waals surface area (Å²) in [6.07, 6.45) is 1.69. The molecule has 0 amide bonds. The van der Waals surface area contributed by atoms with Crippen molar-refractivity contribution in [2.45, 2.75) is 18.8 Å². The van der Waals surface area contributed by atoms with Gasteiger partial charge in [0.05, 0.1) is 0 Å². The van der Waals surface area contributed by atoms with E-state index in [1.54, 1.807) is 12.1 Å². The van der Waals surface area contributed by atoms with Crippen molar-refractivity contribution in [2.75, 3.05) is 6.61 Å². The number of aromatic hydroxyl groups is 1. The van der Waals surface area contributed by atoms with Gasteiger partial charge in [-0.25, -0.2) is 0 Å². The third kappa shape index (κ3) is 3.11. The van der Waals surface area contributed by atoms with E-state index in [1.807, 2.05) is 30.3 Å². The minimum absolute atomic E-state index is 0.210. The monoisotopic (exact) mass is 242 g/mol. The standard InChI is InChI=1S/C16H18O2/c17-12-4-7-16(13-5-2-1-3-6-13)14-8-10-15(18)11-9-14/h1-3,5-6,8-11,16-18H,4,7,12H2. The van der Waals surface area contributed by atoms with Gasteiger partial charge in [-0.05, 0) is 36.1 Å². The van der Waals surface area contributed by atoms with Crippen LogP contribution >= 0.6 is 0 Å². The second kappa shape index (κ2) is 6.22. The molecule has 2 aromatic carbocycles. The van der Waals surface area contributed by atoms with Crippen LogP contribution in [0.3, 0.4) is 0 Å². The second-order valence-corrected chi connectivity index (χ2v) is 4.42. The topological polar surface area (TPSA) is 40.5 Å². The molecular formula is C16H18O2. The van der Waals surface area contributed by atoms with E-state index in [-0.39, 0.29) is 18.3 Å². The maximum Gasteiger partial charge on any atom is 0.115 e. The number of aliphatic hydroxyl groups is 1. The molecule has 1 atom stereocenters. The highest BCUT2D eigenvalue weighted by molar-refractivity contribution is 5.35. The maximum absolute atomic E-state index is 9.35. The molecule has 0 aliphatic carbocycles. The molecule has 2 heteroatoms. The van der Waals surface area contributed by atoms with Crippen LogP contribution in [0.2, 0.25) is 0 Å². The number of hydrogen-bond donors (Lipinski definition) is 2. The molecule has 18 heavy (non-hydrogen) atoms. The molecule has 0 aromatic heterocycles. The second-order valence-electron chi connectivity index (χ2n) is 4.42. The molecule has 1 unspecified atom stereocenters. The largest absolute Gasteiger partial charge is 0.508 e. The van der Waals surface area contributed by atoms with Gasteiger partial charge in [0.1, 0.15) is 5.75 Å². The van der Waals surface area contributed by atoms with Crippen LogP contribution in [0.15, 0.2) is 54.6 Å². The molecule has 0 fully saturated rings.